The molecule has 0 spiro atoms. The van der Waals surface area contributed by atoms with E-state index in [0.717, 1.165) is 18.0 Å². The van der Waals surface area contributed by atoms with Crippen LogP contribution < -0.4 is 5.32 Å². The number of nitrogens with one attached hydrogen (secondary N) is 1. The molecular weight excluding hydrogens is 260 g/mol. The first-order valence-electron chi connectivity index (χ1n) is 7.92. The zero-order chi connectivity index (χ0) is 15.1. The highest BCUT2D eigenvalue weighted by Gasteiger charge is 2.14. The van der Waals surface area contributed by atoms with Gasteiger partial charge in [0.15, 0.2) is 0 Å². The van der Waals surface area contributed by atoms with Gasteiger partial charge in [-0.25, -0.2) is 0 Å². The Labute approximate surface area is 127 Å². The molecule has 21 heavy (non-hydrogen) atoms. The normalized spacial score (nSPS) is 12.5. The molecular formula is C18H26N2O. The van der Waals surface area contributed by atoms with Crippen molar-refractivity contribution in [1.82, 2.24) is 10.5 Å². The minimum Gasteiger partial charge on any atom is -0.361 e. The van der Waals surface area contributed by atoms with Crippen LogP contribution in [0, 0.1) is 13.8 Å². The molecule has 1 unspecified atom stereocenters. The maximum Gasteiger partial charge on any atom is 0.138 e. The van der Waals surface area contributed by atoms with Gasteiger partial charge < -0.3 is 9.84 Å². The molecule has 0 aliphatic carbocycles. The fourth-order valence-corrected chi connectivity index (χ4v) is 2.65. The molecule has 3 heteroatoms. The van der Waals surface area contributed by atoms with Crippen LogP contribution in [0.2, 0.25) is 0 Å². The Morgan fingerprint density at radius 3 is 2.52 bits per heavy atom. The van der Waals surface area contributed by atoms with Gasteiger partial charge in [0.05, 0.1) is 5.69 Å². The number of aromatic nitrogens is 1. The van der Waals surface area contributed by atoms with E-state index in [2.05, 4.69) is 47.7 Å². The lowest BCUT2D eigenvalue weighted by Gasteiger charge is -2.19. The first-order chi connectivity index (χ1) is 10.2. The van der Waals surface area contributed by atoms with Crippen LogP contribution in [0.3, 0.4) is 0 Å². The lowest BCUT2D eigenvalue weighted by atomic mass is 10.00. The topological polar surface area (TPSA) is 38.1 Å². The molecule has 2 aromatic rings. The molecule has 3 nitrogen and oxygen atoms in total. The van der Waals surface area contributed by atoms with Gasteiger partial charge in [0.25, 0.3) is 0 Å². The highest BCUT2D eigenvalue weighted by Crippen LogP contribution is 2.21. The third-order valence-electron chi connectivity index (χ3n) is 4.00. The maximum atomic E-state index is 5.24. The average molecular weight is 286 g/mol. The van der Waals surface area contributed by atoms with Gasteiger partial charge in [0.1, 0.15) is 5.76 Å². The Kier molecular flexibility index (Phi) is 6.00. The SMILES string of the molecule is CCCCCC(NCc1c(C)noc1C)c1ccccc1. The summed E-state index contributed by atoms with van der Waals surface area (Å²) in [6.45, 7) is 7.04. The third kappa shape index (κ3) is 4.43. The molecule has 1 aromatic heterocycles. The molecule has 0 amide bonds. The Bertz CT molecular complexity index is 514. The molecule has 0 saturated heterocycles. The van der Waals surface area contributed by atoms with Gasteiger partial charge in [-0.05, 0) is 25.8 Å². The van der Waals surface area contributed by atoms with Gasteiger partial charge in [-0.2, -0.15) is 0 Å². The van der Waals surface area contributed by atoms with E-state index in [0.29, 0.717) is 6.04 Å². The number of nitrogens with zero attached hydrogens (tertiary/aromatic N) is 1. The second-order valence-electron chi connectivity index (χ2n) is 5.64. The number of benzene rings is 1. The van der Waals surface area contributed by atoms with E-state index in [4.69, 9.17) is 4.52 Å². The first-order valence-corrected chi connectivity index (χ1v) is 7.92. The Morgan fingerprint density at radius 1 is 1.14 bits per heavy atom. The van der Waals surface area contributed by atoms with Gasteiger partial charge in [-0.3, -0.25) is 0 Å². The zero-order valence-corrected chi connectivity index (χ0v) is 13.4. The maximum absolute atomic E-state index is 5.24. The summed E-state index contributed by atoms with van der Waals surface area (Å²) in [5.74, 6) is 0.917. The van der Waals surface area contributed by atoms with Crippen LogP contribution in [0.4, 0.5) is 0 Å². The van der Waals surface area contributed by atoms with Crippen LogP contribution in [-0.4, -0.2) is 5.16 Å². The van der Waals surface area contributed by atoms with Crippen LogP contribution >= 0.6 is 0 Å². The fraction of sp³-hybridized carbons (Fsp3) is 0.500. The van der Waals surface area contributed by atoms with Gasteiger partial charge >= 0.3 is 0 Å². The number of hydrogen-bond acceptors (Lipinski definition) is 3. The predicted octanol–water partition coefficient (Wildman–Crippen LogP) is 4.70. The van der Waals surface area contributed by atoms with E-state index < -0.39 is 0 Å². The molecule has 1 N–H and O–H groups in total. The van der Waals surface area contributed by atoms with Crippen molar-refractivity contribution in [3.63, 3.8) is 0 Å². The summed E-state index contributed by atoms with van der Waals surface area (Å²) in [4.78, 5) is 0. The number of rotatable bonds is 8. The minimum absolute atomic E-state index is 0.395. The highest BCUT2D eigenvalue weighted by molar-refractivity contribution is 5.22. The monoisotopic (exact) mass is 286 g/mol. The molecule has 0 bridgehead atoms. The predicted molar refractivity (Wildman–Crippen MR) is 86.1 cm³/mol. The molecule has 0 saturated carbocycles. The second-order valence-corrected chi connectivity index (χ2v) is 5.64. The lowest BCUT2D eigenvalue weighted by Crippen LogP contribution is -2.21. The van der Waals surface area contributed by atoms with Crippen molar-refractivity contribution in [3.8, 4) is 0 Å². The van der Waals surface area contributed by atoms with Gasteiger partial charge in [-0.15, -0.1) is 0 Å². The number of unbranched alkanes of at least 4 members (excludes halogenated alkanes) is 2. The van der Waals surface area contributed by atoms with Crippen molar-refractivity contribution < 1.29 is 4.52 Å². The van der Waals surface area contributed by atoms with E-state index in [-0.39, 0.29) is 0 Å². The minimum atomic E-state index is 0.395. The number of aryl methyl sites for hydroxylation is 2. The van der Waals surface area contributed by atoms with Crippen LogP contribution in [0.1, 0.15) is 61.2 Å². The van der Waals surface area contributed by atoms with Crippen molar-refractivity contribution in [2.24, 2.45) is 0 Å². The summed E-state index contributed by atoms with van der Waals surface area (Å²) in [5.41, 5.74) is 3.53. The highest BCUT2D eigenvalue weighted by atomic mass is 16.5. The van der Waals surface area contributed by atoms with Crippen molar-refractivity contribution in [2.75, 3.05) is 0 Å². The van der Waals surface area contributed by atoms with Crippen molar-refractivity contribution >= 4 is 0 Å². The van der Waals surface area contributed by atoms with Crippen molar-refractivity contribution in [1.29, 1.82) is 0 Å². The average Bonchev–Trinajstić information content (AvgIpc) is 2.83. The standard InChI is InChI=1S/C18H26N2O/c1-4-5-7-12-18(16-10-8-6-9-11-16)19-13-17-14(2)20-21-15(17)3/h6,8-11,18-19H,4-5,7,12-13H2,1-3H3. The molecule has 2 rings (SSSR count). The second kappa shape index (κ2) is 7.99. The van der Waals surface area contributed by atoms with E-state index in [9.17, 15) is 0 Å². The molecule has 1 atom stereocenters. The summed E-state index contributed by atoms with van der Waals surface area (Å²) in [6.07, 6.45) is 4.97. The Balaban J connectivity index is 2.02. The molecule has 114 valence electrons. The Hall–Kier alpha value is -1.61. The lowest BCUT2D eigenvalue weighted by molar-refractivity contribution is 0.391. The zero-order valence-electron chi connectivity index (χ0n) is 13.4. The van der Waals surface area contributed by atoms with E-state index >= 15 is 0 Å². The Morgan fingerprint density at radius 2 is 1.90 bits per heavy atom. The van der Waals surface area contributed by atoms with Crippen molar-refractivity contribution in [2.45, 2.75) is 59.0 Å². The largest absolute Gasteiger partial charge is 0.361 e. The number of hydrogen-bond donors (Lipinski definition) is 1. The molecule has 0 fully saturated rings. The summed E-state index contributed by atoms with van der Waals surface area (Å²) < 4.78 is 5.24. The van der Waals surface area contributed by atoms with Gasteiger partial charge in [-0.1, -0.05) is 61.7 Å². The molecule has 0 aliphatic rings. The van der Waals surface area contributed by atoms with Crippen LogP contribution in [0.5, 0.6) is 0 Å². The molecule has 0 aliphatic heterocycles. The summed E-state index contributed by atoms with van der Waals surface area (Å²) in [7, 11) is 0. The van der Waals surface area contributed by atoms with Crippen LogP contribution in [0.25, 0.3) is 0 Å². The first kappa shape index (κ1) is 15.8. The van der Waals surface area contributed by atoms with Gasteiger partial charge in [0, 0.05) is 18.2 Å². The smallest absolute Gasteiger partial charge is 0.138 e. The summed E-state index contributed by atoms with van der Waals surface area (Å²) >= 11 is 0. The molecule has 1 heterocycles. The van der Waals surface area contributed by atoms with E-state index in [1.807, 2.05) is 13.8 Å². The summed E-state index contributed by atoms with van der Waals surface area (Å²) in [5, 5.41) is 7.71. The molecule has 1 aromatic carbocycles. The third-order valence-corrected chi connectivity index (χ3v) is 4.00. The molecule has 0 radical (unpaired) electrons. The summed E-state index contributed by atoms with van der Waals surface area (Å²) in [6, 6.07) is 11.1. The van der Waals surface area contributed by atoms with E-state index in [1.54, 1.807) is 0 Å². The van der Waals surface area contributed by atoms with Gasteiger partial charge in [0.2, 0.25) is 0 Å². The van der Waals surface area contributed by atoms with Crippen LogP contribution in [-0.2, 0) is 6.54 Å². The van der Waals surface area contributed by atoms with Crippen molar-refractivity contribution in [3.05, 3.63) is 52.9 Å². The van der Waals surface area contributed by atoms with E-state index in [1.165, 1.54) is 36.8 Å². The van der Waals surface area contributed by atoms with Crippen LogP contribution in [0.15, 0.2) is 34.9 Å². The fourth-order valence-electron chi connectivity index (χ4n) is 2.65. The quantitative estimate of drug-likeness (QED) is 0.715.